The zero-order valence-electron chi connectivity index (χ0n) is 19.5. The molecule has 0 radical (unpaired) electrons. The van der Waals surface area contributed by atoms with Crippen molar-refractivity contribution in [2.24, 2.45) is 0 Å². The Morgan fingerprint density at radius 1 is 1.18 bits per heavy atom. The molecule has 33 heavy (non-hydrogen) atoms. The summed E-state index contributed by atoms with van der Waals surface area (Å²) < 4.78 is 31.6. The fourth-order valence-electron chi connectivity index (χ4n) is 3.55. The standard InChI is InChI=1S/C23H30ClN3O5S/c1-6-19(23(29)25-3)26(14-17-9-7-8-16(2)12-17)22(28)15-27(33(5,30)31)20-13-18(24)10-11-21(20)32-4/h7-13,19H,6,14-15H2,1-5H3,(H,25,29)/t19-/m0/s1. The van der Waals surface area contributed by atoms with Crippen LogP contribution in [0, 0.1) is 6.92 Å². The van der Waals surface area contributed by atoms with E-state index in [0.717, 1.165) is 21.7 Å². The topological polar surface area (TPSA) is 96.0 Å². The third kappa shape index (κ3) is 6.85. The lowest BCUT2D eigenvalue weighted by molar-refractivity contribution is -0.140. The Morgan fingerprint density at radius 2 is 1.88 bits per heavy atom. The number of nitrogens with zero attached hydrogens (tertiary/aromatic N) is 2. The Kier molecular flexibility index (Phi) is 9.13. The molecule has 2 amide bonds. The molecule has 0 aromatic heterocycles. The quantitative estimate of drug-likeness (QED) is 0.546. The molecule has 0 heterocycles. The molecule has 0 fully saturated rings. The number of likely N-dealkylation sites (N-methyl/N-ethyl adjacent to an activating group) is 1. The average Bonchev–Trinajstić information content (AvgIpc) is 2.76. The molecule has 1 N–H and O–H groups in total. The summed E-state index contributed by atoms with van der Waals surface area (Å²) in [6, 6.07) is 11.3. The minimum Gasteiger partial charge on any atom is -0.495 e. The maximum absolute atomic E-state index is 13.5. The van der Waals surface area contributed by atoms with Gasteiger partial charge in [-0.05, 0) is 37.1 Å². The molecule has 2 rings (SSSR count). The van der Waals surface area contributed by atoms with Crippen LogP contribution in [-0.4, -0.2) is 58.1 Å². The second kappa shape index (κ2) is 11.4. The Balaban J connectivity index is 2.50. The van der Waals surface area contributed by atoms with Crippen LogP contribution in [-0.2, 0) is 26.2 Å². The molecule has 0 saturated heterocycles. The molecular weight excluding hydrogens is 466 g/mol. The summed E-state index contributed by atoms with van der Waals surface area (Å²) in [5.41, 5.74) is 1.98. The first-order valence-corrected chi connectivity index (χ1v) is 12.6. The van der Waals surface area contributed by atoms with Crippen molar-refractivity contribution in [3.8, 4) is 5.75 Å². The maximum atomic E-state index is 13.5. The van der Waals surface area contributed by atoms with Crippen LogP contribution < -0.4 is 14.4 Å². The number of hydrogen-bond donors (Lipinski definition) is 1. The van der Waals surface area contributed by atoms with E-state index in [0.29, 0.717) is 11.4 Å². The van der Waals surface area contributed by atoms with Gasteiger partial charge in [0.05, 0.1) is 19.1 Å². The summed E-state index contributed by atoms with van der Waals surface area (Å²) in [5.74, 6) is -0.606. The Labute approximate surface area is 200 Å². The fourth-order valence-corrected chi connectivity index (χ4v) is 4.56. The van der Waals surface area contributed by atoms with Crippen LogP contribution in [0.3, 0.4) is 0 Å². The molecule has 180 valence electrons. The van der Waals surface area contributed by atoms with Gasteiger partial charge in [-0.1, -0.05) is 48.4 Å². The van der Waals surface area contributed by atoms with E-state index in [1.807, 2.05) is 31.2 Å². The number of aryl methyl sites for hydroxylation is 1. The van der Waals surface area contributed by atoms with Crippen LogP contribution in [0.25, 0.3) is 0 Å². The van der Waals surface area contributed by atoms with E-state index in [-0.39, 0.29) is 23.9 Å². The number of nitrogens with one attached hydrogen (secondary N) is 1. The van der Waals surface area contributed by atoms with Crippen molar-refractivity contribution in [2.45, 2.75) is 32.9 Å². The lowest BCUT2D eigenvalue weighted by atomic mass is 10.1. The Bertz CT molecular complexity index is 1110. The number of benzene rings is 2. The molecule has 1 atom stereocenters. The molecule has 0 spiro atoms. The van der Waals surface area contributed by atoms with Gasteiger partial charge in [0.25, 0.3) is 0 Å². The molecule has 0 aliphatic carbocycles. The number of rotatable bonds is 10. The molecular formula is C23H30ClN3O5S. The summed E-state index contributed by atoms with van der Waals surface area (Å²) >= 11 is 6.10. The summed E-state index contributed by atoms with van der Waals surface area (Å²) in [5, 5.41) is 2.88. The molecule has 0 aliphatic rings. The SMILES string of the molecule is CC[C@@H](C(=O)NC)N(Cc1cccc(C)c1)C(=O)CN(c1cc(Cl)ccc1OC)S(C)(=O)=O. The third-order valence-corrected chi connectivity index (χ3v) is 6.52. The summed E-state index contributed by atoms with van der Waals surface area (Å²) in [4.78, 5) is 27.5. The summed E-state index contributed by atoms with van der Waals surface area (Å²) in [6.45, 7) is 3.36. The van der Waals surface area contributed by atoms with Crippen molar-refractivity contribution in [3.05, 3.63) is 58.6 Å². The first-order valence-electron chi connectivity index (χ1n) is 10.4. The van der Waals surface area contributed by atoms with Crippen LogP contribution >= 0.6 is 11.6 Å². The summed E-state index contributed by atoms with van der Waals surface area (Å²) in [7, 11) is -0.987. The van der Waals surface area contributed by atoms with Crippen molar-refractivity contribution in [1.29, 1.82) is 0 Å². The van der Waals surface area contributed by atoms with Crippen LogP contribution in [0.15, 0.2) is 42.5 Å². The fraction of sp³-hybridized carbons (Fsp3) is 0.391. The minimum absolute atomic E-state index is 0.143. The smallest absolute Gasteiger partial charge is 0.244 e. The average molecular weight is 496 g/mol. The van der Waals surface area contributed by atoms with Crippen LogP contribution in [0.4, 0.5) is 5.69 Å². The molecule has 10 heteroatoms. The van der Waals surface area contributed by atoms with Crippen molar-refractivity contribution in [3.63, 3.8) is 0 Å². The van der Waals surface area contributed by atoms with Gasteiger partial charge in [-0.2, -0.15) is 0 Å². The molecule has 0 saturated carbocycles. The molecule has 0 aliphatic heterocycles. The number of hydrogen-bond acceptors (Lipinski definition) is 5. The predicted octanol–water partition coefficient (Wildman–Crippen LogP) is 2.98. The van der Waals surface area contributed by atoms with Gasteiger partial charge in [0, 0.05) is 18.6 Å². The molecule has 8 nitrogen and oxygen atoms in total. The molecule has 0 unspecified atom stereocenters. The first kappa shape index (κ1) is 26.5. The highest BCUT2D eigenvalue weighted by molar-refractivity contribution is 7.92. The number of halogens is 1. The number of carbonyl (C=O) groups excluding carboxylic acids is 2. The van der Waals surface area contributed by atoms with Crippen molar-refractivity contribution in [1.82, 2.24) is 10.2 Å². The van der Waals surface area contributed by atoms with Gasteiger partial charge in [0.1, 0.15) is 18.3 Å². The molecule has 0 bridgehead atoms. The highest BCUT2D eigenvalue weighted by atomic mass is 35.5. The van der Waals surface area contributed by atoms with Gasteiger partial charge in [-0.3, -0.25) is 13.9 Å². The maximum Gasteiger partial charge on any atom is 0.244 e. The van der Waals surface area contributed by atoms with Gasteiger partial charge < -0.3 is 15.0 Å². The monoisotopic (exact) mass is 495 g/mol. The van der Waals surface area contributed by atoms with E-state index in [1.54, 1.807) is 13.0 Å². The van der Waals surface area contributed by atoms with E-state index in [4.69, 9.17) is 16.3 Å². The Morgan fingerprint density at radius 3 is 2.42 bits per heavy atom. The lowest BCUT2D eigenvalue weighted by Crippen LogP contribution is -2.51. The third-order valence-electron chi connectivity index (χ3n) is 5.16. The predicted molar refractivity (Wildman–Crippen MR) is 130 cm³/mol. The number of methoxy groups -OCH3 is 1. The lowest BCUT2D eigenvalue weighted by Gasteiger charge is -2.33. The normalized spacial score (nSPS) is 12.1. The van der Waals surface area contributed by atoms with Gasteiger partial charge in [0.15, 0.2) is 0 Å². The first-order chi connectivity index (χ1) is 15.5. The zero-order chi connectivity index (χ0) is 24.8. The number of amides is 2. The highest BCUT2D eigenvalue weighted by Gasteiger charge is 2.32. The number of anilines is 1. The largest absolute Gasteiger partial charge is 0.495 e. The van der Waals surface area contributed by atoms with E-state index in [2.05, 4.69) is 5.32 Å². The molecule has 2 aromatic rings. The van der Waals surface area contributed by atoms with E-state index >= 15 is 0 Å². The number of ether oxygens (including phenoxy) is 1. The van der Waals surface area contributed by atoms with E-state index in [1.165, 1.54) is 31.2 Å². The van der Waals surface area contributed by atoms with E-state index < -0.39 is 28.5 Å². The second-order valence-corrected chi connectivity index (χ2v) is 9.98. The van der Waals surface area contributed by atoms with Crippen LogP contribution in [0.2, 0.25) is 5.02 Å². The van der Waals surface area contributed by atoms with Crippen molar-refractivity contribution >= 4 is 39.1 Å². The Hall–Kier alpha value is -2.78. The van der Waals surface area contributed by atoms with Gasteiger partial charge in [-0.15, -0.1) is 0 Å². The van der Waals surface area contributed by atoms with Crippen molar-refractivity contribution in [2.75, 3.05) is 31.3 Å². The van der Waals surface area contributed by atoms with Crippen LogP contribution in [0.1, 0.15) is 24.5 Å². The number of sulfonamides is 1. The number of carbonyl (C=O) groups is 2. The van der Waals surface area contributed by atoms with Crippen molar-refractivity contribution < 1.29 is 22.7 Å². The summed E-state index contributed by atoms with van der Waals surface area (Å²) in [6.07, 6.45) is 1.36. The highest BCUT2D eigenvalue weighted by Crippen LogP contribution is 2.33. The second-order valence-electron chi connectivity index (χ2n) is 7.63. The van der Waals surface area contributed by atoms with Crippen LogP contribution in [0.5, 0.6) is 5.75 Å². The van der Waals surface area contributed by atoms with Gasteiger partial charge >= 0.3 is 0 Å². The zero-order valence-corrected chi connectivity index (χ0v) is 21.0. The van der Waals surface area contributed by atoms with E-state index in [9.17, 15) is 18.0 Å². The minimum atomic E-state index is -3.89. The van der Waals surface area contributed by atoms with Gasteiger partial charge in [-0.25, -0.2) is 8.42 Å². The molecule has 2 aromatic carbocycles. The van der Waals surface area contributed by atoms with Gasteiger partial charge in [0.2, 0.25) is 21.8 Å².